The third-order valence-corrected chi connectivity index (χ3v) is 3.85. The fourth-order valence-electron chi connectivity index (χ4n) is 2.20. The molecule has 2 atom stereocenters. The van der Waals surface area contributed by atoms with Gasteiger partial charge in [-0.3, -0.25) is 0 Å². The molecule has 1 aliphatic rings. The molecule has 0 spiro atoms. The largest absolute Gasteiger partial charge is 0.312 e. The van der Waals surface area contributed by atoms with Crippen LogP contribution in [-0.4, -0.2) is 62.2 Å². The highest BCUT2D eigenvalue weighted by Crippen LogP contribution is 2.10. The average Bonchev–Trinajstić information content (AvgIpc) is 2.50. The Morgan fingerprint density at radius 1 is 1.31 bits per heavy atom. The average molecular weight is 227 g/mol. The van der Waals surface area contributed by atoms with Crippen LogP contribution in [0.2, 0.25) is 0 Å². The highest BCUT2D eigenvalue weighted by Gasteiger charge is 2.16. The first-order chi connectivity index (χ1) is 7.63. The van der Waals surface area contributed by atoms with Crippen molar-refractivity contribution in [1.29, 1.82) is 0 Å². The highest BCUT2D eigenvalue weighted by atomic mass is 15.1. The Morgan fingerprint density at radius 2 is 2.06 bits per heavy atom. The maximum Gasteiger partial charge on any atom is 0.0186 e. The lowest BCUT2D eigenvalue weighted by molar-refractivity contribution is 0.280. The first-order valence-corrected chi connectivity index (χ1v) is 6.75. The lowest BCUT2D eigenvalue weighted by Crippen LogP contribution is -2.40. The molecule has 1 aliphatic heterocycles. The highest BCUT2D eigenvalue weighted by molar-refractivity contribution is 4.76. The molecule has 1 rings (SSSR count). The van der Waals surface area contributed by atoms with E-state index in [2.05, 4.69) is 43.1 Å². The predicted octanol–water partition coefficient (Wildman–Crippen LogP) is 1.40. The Morgan fingerprint density at radius 3 is 2.69 bits per heavy atom. The number of nitrogens with one attached hydrogen (secondary N) is 1. The lowest BCUT2D eigenvalue weighted by Gasteiger charge is -2.24. The van der Waals surface area contributed by atoms with Gasteiger partial charge >= 0.3 is 0 Å². The molecule has 1 saturated heterocycles. The molecule has 96 valence electrons. The van der Waals surface area contributed by atoms with Crippen molar-refractivity contribution < 1.29 is 0 Å². The first kappa shape index (κ1) is 13.9. The summed E-state index contributed by atoms with van der Waals surface area (Å²) in [6.45, 7) is 9.43. The van der Waals surface area contributed by atoms with Crippen LogP contribution in [-0.2, 0) is 0 Å². The van der Waals surface area contributed by atoms with Gasteiger partial charge in [0.15, 0.2) is 0 Å². The molecule has 0 amide bonds. The van der Waals surface area contributed by atoms with Crippen LogP contribution in [0.1, 0.15) is 33.1 Å². The molecule has 0 aliphatic carbocycles. The zero-order valence-electron chi connectivity index (χ0n) is 11.5. The molecule has 1 fully saturated rings. The van der Waals surface area contributed by atoms with Gasteiger partial charge in [0, 0.05) is 18.6 Å². The Balaban J connectivity index is 2.22. The topological polar surface area (TPSA) is 18.5 Å². The van der Waals surface area contributed by atoms with E-state index in [-0.39, 0.29) is 0 Å². The van der Waals surface area contributed by atoms with Gasteiger partial charge in [0.25, 0.3) is 0 Å². The monoisotopic (exact) mass is 227 g/mol. The third-order valence-electron chi connectivity index (χ3n) is 3.85. The zero-order chi connectivity index (χ0) is 12.0. The van der Waals surface area contributed by atoms with Gasteiger partial charge in [0.1, 0.15) is 0 Å². The normalized spacial score (nSPS) is 25.7. The van der Waals surface area contributed by atoms with E-state index >= 15 is 0 Å². The Hall–Kier alpha value is -0.120. The molecular weight excluding hydrogens is 198 g/mol. The molecule has 16 heavy (non-hydrogen) atoms. The van der Waals surface area contributed by atoms with E-state index < -0.39 is 0 Å². The molecule has 3 heteroatoms. The maximum absolute atomic E-state index is 3.72. The van der Waals surface area contributed by atoms with Crippen LogP contribution in [0.15, 0.2) is 0 Å². The second kappa shape index (κ2) is 7.25. The van der Waals surface area contributed by atoms with Gasteiger partial charge < -0.3 is 15.1 Å². The van der Waals surface area contributed by atoms with Crippen LogP contribution in [0.4, 0.5) is 0 Å². The van der Waals surface area contributed by atoms with Gasteiger partial charge in [-0.05, 0) is 59.9 Å². The number of rotatable bonds is 5. The summed E-state index contributed by atoms with van der Waals surface area (Å²) in [5.74, 6) is 0. The minimum atomic E-state index is 0.630. The Labute approximate surface area is 101 Å². The number of likely N-dealkylation sites (N-methyl/N-ethyl adjacent to an activating group) is 1. The van der Waals surface area contributed by atoms with Crippen LogP contribution in [0, 0.1) is 0 Å². The van der Waals surface area contributed by atoms with E-state index in [0.717, 1.165) is 12.6 Å². The van der Waals surface area contributed by atoms with Crippen LogP contribution in [0.3, 0.4) is 0 Å². The van der Waals surface area contributed by atoms with Crippen LogP contribution >= 0.6 is 0 Å². The summed E-state index contributed by atoms with van der Waals surface area (Å²) in [5, 5.41) is 3.72. The van der Waals surface area contributed by atoms with Gasteiger partial charge in [-0.15, -0.1) is 0 Å². The van der Waals surface area contributed by atoms with Crippen LogP contribution in [0.5, 0.6) is 0 Å². The molecule has 0 bridgehead atoms. The molecule has 0 aromatic carbocycles. The van der Waals surface area contributed by atoms with Crippen molar-refractivity contribution in [2.45, 2.75) is 45.2 Å². The smallest absolute Gasteiger partial charge is 0.0186 e. The van der Waals surface area contributed by atoms with Gasteiger partial charge in [-0.25, -0.2) is 0 Å². The molecule has 0 aromatic rings. The van der Waals surface area contributed by atoms with Crippen molar-refractivity contribution in [3.63, 3.8) is 0 Å². The fraction of sp³-hybridized carbons (Fsp3) is 1.00. The maximum atomic E-state index is 3.72. The number of nitrogens with zero attached hydrogens (tertiary/aromatic N) is 2. The molecule has 2 unspecified atom stereocenters. The third kappa shape index (κ3) is 4.81. The van der Waals surface area contributed by atoms with Crippen LogP contribution < -0.4 is 5.32 Å². The SMILES string of the molecule is CCN1CCCC(NCC(C)N(C)C)CC1. The second-order valence-corrected chi connectivity index (χ2v) is 5.28. The van der Waals surface area contributed by atoms with E-state index in [9.17, 15) is 0 Å². The summed E-state index contributed by atoms with van der Waals surface area (Å²) >= 11 is 0. The van der Waals surface area contributed by atoms with Crippen molar-refractivity contribution in [3.8, 4) is 0 Å². The van der Waals surface area contributed by atoms with Crippen molar-refractivity contribution in [2.24, 2.45) is 0 Å². The first-order valence-electron chi connectivity index (χ1n) is 6.75. The van der Waals surface area contributed by atoms with E-state index in [4.69, 9.17) is 0 Å². The van der Waals surface area contributed by atoms with Gasteiger partial charge in [0.05, 0.1) is 0 Å². The minimum absolute atomic E-state index is 0.630. The van der Waals surface area contributed by atoms with E-state index in [1.165, 1.54) is 38.9 Å². The summed E-state index contributed by atoms with van der Waals surface area (Å²) < 4.78 is 0. The van der Waals surface area contributed by atoms with Crippen molar-refractivity contribution in [1.82, 2.24) is 15.1 Å². The summed E-state index contributed by atoms with van der Waals surface area (Å²) in [6, 6.07) is 1.37. The Kier molecular flexibility index (Phi) is 6.32. The molecule has 0 aromatic heterocycles. The number of hydrogen-bond acceptors (Lipinski definition) is 3. The number of likely N-dealkylation sites (tertiary alicyclic amines) is 1. The van der Waals surface area contributed by atoms with Gasteiger partial charge in [-0.1, -0.05) is 6.92 Å². The molecule has 0 saturated carbocycles. The van der Waals surface area contributed by atoms with E-state index in [0.29, 0.717) is 6.04 Å². The molecule has 0 radical (unpaired) electrons. The zero-order valence-corrected chi connectivity index (χ0v) is 11.5. The predicted molar refractivity (Wildman–Crippen MR) is 70.9 cm³/mol. The fourth-order valence-corrected chi connectivity index (χ4v) is 2.20. The second-order valence-electron chi connectivity index (χ2n) is 5.28. The summed E-state index contributed by atoms with van der Waals surface area (Å²) in [6.07, 6.45) is 4.01. The Bertz CT molecular complexity index is 182. The van der Waals surface area contributed by atoms with Gasteiger partial charge in [0.2, 0.25) is 0 Å². The minimum Gasteiger partial charge on any atom is -0.312 e. The van der Waals surface area contributed by atoms with Crippen molar-refractivity contribution in [2.75, 3.05) is 40.3 Å². The van der Waals surface area contributed by atoms with Crippen LogP contribution in [0.25, 0.3) is 0 Å². The summed E-state index contributed by atoms with van der Waals surface area (Å²) in [4.78, 5) is 4.85. The van der Waals surface area contributed by atoms with E-state index in [1.54, 1.807) is 0 Å². The van der Waals surface area contributed by atoms with Crippen molar-refractivity contribution in [3.05, 3.63) is 0 Å². The van der Waals surface area contributed by atoms with Gasteiger partial charge in [-0.2, -0.15) is 0 Å². The molecule has 3 nitrogen and oxygen atoms in total. The van der Waals surface area contributed by atoms with Crippen molar-refractivity contribution >= 4 is 0 Å². The summed E-state index contributed by atoms with van der Waals surface area (Å²) in [5.41, 5.74) is 0. The lowest BCUT2D eigenvalue weighted by atomic mass is 10.1. The standard InChI is InChI=1S/C13H29N3/c1-5-16-9-6-7-13(8-10-16)14-11-12(2)15(3)4/h12-14H,5-11H2,1-4H3. The number of hydrogen-bond donors (Lipinski definition) is 1. The molecule has 1 N–H and O–H groups in total. The summed E-state index contributed by atoms with van der Waals surface area (Å²) in [7, 11) is 4.30. The quantitative estimate of drug-likeness (QED) is 0.766. The molecule has 1 heterocycles. The molecular formula is C13H29N3. The van der Waals surface area contributed by atoms with E-state index in [1.807, 2.05) is 0 Å².